The van der Waals surface area contributed by atoms with Crippen LogP contribution >= 0.6 is 0 Å². The number of halogens is 1. The first-order chi connectivity index (χ1) is 5.61. The molecule has 1 aromatic carbocycles. The number of phenolic OH excluding ortho intramolecular Hbond substituents is 1. The van der Waals surface area contributed by atoms with Crippen molar-refractivity contribution in [3.05, 3.63) is 29.6 Å². The maximum atomic E-state index is 13.0. The molecule has 0 aliphatic heterocycles. The molecule has 0 atom stereocenters. The predicted octanol–water partition coefficient (Wildman–Crippen LogP) is 1.66. The van der Waals surface area contributed by atoms with E-state index in [0.717, 1.165) is 0 Å². The molecule has 0 radical (unpaired) electrons. The highest BCUT2D eigenvalue weighted by atomic mass is 19.1. The van der Waals surface area contributed by atoms with E-state index in [1.54, 1.807) is 0 Å². The molecule has 2 nitrogen and oxygen atoms in total. The Bertz CT molecular complexity index is 307. The van der Waals surface area contributed by atoms with E-state index < -0.39 is 11.6 Å². The number of ketones is 1. The number of rotatable bonds is 2. The van der Waals surface area contributed by atoms with Crippen molar-refractivity contribution in [1.82, 2.24) is 0 Å². The molecule has 0 saturated carbocycles. The van der Waals surface area contributed by atoms with E-state index in [2.05, 4.69) is 0 Å². The van der Waals surface area contributed by atoms with Gasteiger partial charge in [0.05, 0.1) is 0 Å². The molecule has 0 amide bonds. The average molecular weight is 168 g/mol. The van der Waals surface area contributed by atoms with Crippen molar-refractivity contribution < 1.29 is 14.3 Å². The summed E-state index contributed by atoms with van der Waals surface area (Å²) in [5.41, 5.74) is 0.238. The highest BCUT2D eigenvalue weighted by Gasteiger charge is 2.07. The number of aromatic hydroxyl groups is 1. The van der Waals surface area contributed by atoms with E-state index in [1.165, 1.54) is 25.1 Å². The number of hydrogen-bond acceptors (Lipinski definition) is 2. The van der Waals surface area contributed by atoms with Crippen LogP contribution in [-0.4, -0.2) is 10.9 Å². The number of carbonyl (C=O) groups is 1. The van der Waals surface area contributed by atoms with Gasteiger partial charge in [0, 0.05) is 6.42 Å². The van der Waals surface area contributed by atoms with Crippen molar-refractivity contribution in [1.29, 1.82) is 0 Å². The summed E-state index contributed by atoms with van der Waals surface area (Å²) in [5.74, 6) is -1.24. The highest BCUT2D eigenvalue weighted by molar-refractivity contribution is 5.78. The second-order valence-corrected chi connectivity index (χ2v) is 2.63. The van der Waals surface area contributed by atoms with Crippen molar-refractivity contribution >= 4 is 5.78 Å². The van der Waals surface area contributed by atoms with Crippen molar-refractivity contribution in [2.75, 3.05) is 0 Å². The molecule has 0 spiro atoms. The van der Waals surface area contributed by atoms with Gasteiger partial charge < -0.3 is 5.11 Å². The fraction of sp³-hybridized carbons (Fsp3) is 0.222. The van der Waals surface area contributed by atoms with Crippen molar-refractivity contribution in [3.63, 3.8) is 0 Å². The summed E-state index contributed by atoms with van der Waals surface area (Å²) in [5, 5.41) is 8.93. The van der Waals surface area contributed by atoms with Crippen LogP contribution in [0.5, 0.6) is 5.75 Å². The minimum Gasteiger partial charge on any atom is -0.505 e. The van der Waals surface area contributed by atoms with Crippen LogP contribution in [0, 0.1) is 5.82 Å². The molecule has 12 heavy (non-hydrogen) atoms. The molecular formula is C9H9FO2. The van der Waals surface area contributed by atoms with E-state index in [-0.39, 0.29) is 17.8 Å². The van der Waals surface area contributed by atoms with Gasteiger partial charge in [-0.05, 0) is 18.6 Å². The van der Waals surface area contributed by atoms with Gasteiger partial charge in [-0.15, -0.1) is 0 Å². The Labute approximate surface area is 69.6 Å². The van der Waals surface area contributed by atoms with Crippen LogP contribution in [0.15, 0.2) is 18.2 Å². The fourth-order valence-electron chi connectivity index (χ4n) is 0.971. The second-order valence-electron chi connectivity index (χ2n) is 2.63. The first-order valence-corrected chi connectivity index (χ1v) is 3.57. The maximum absolute atomic E-state index is 13.0. The normalized spacial score (nSPS) is 9.83. The number of Topliss-reactive ketones (excluding diaryl/α,β-unsaturated/α-hetero) is 1. The molecule has 0 fully saturated rings. The molecule has 0 aliphatic carbocycles. The number of benzene rings is 1. The topological polar surface area (TPSA) is 37.3 Å². The van der Waals surface area contributed by atoms with Gasteiger partial charge in [-0.2, -0.15) is 0 Å². The van der Waals surface area contributed by atoms with Crippen LogP contribution in [-0.2, 0) is 11.2 Å². The largest absolute Gasteiger partial charge is 0.505 e. The Morgan fingerprint density at radius 2 is 2.25 bits per heavy atom. The molecule has 3 heteroatoms. The Balaban J connectivity index is 3.00. The average Bonchev–Trinajstić information content (AvgIpc) is 1.98. The maximum Gasteiger partial charge on any atom is 0.168 e. The van der Waals surface area contributed by atoms with Crippen LogP contribution < -0.4 is 0 Å². The van der Waals surface area contributed by atoms with E-state index in [0.29, 0.717) is 0 Å². The lowest BCUT2D eigenvalue weighted by molar-refractivity contribution is -0.116. The summed E-state index contributed by atoms with van der Waals surface area (Å²) < 4.78 is 13.0. The molecule has 0 heterocycles. The number of carbonyl (C=O) groups excluding carboxylic acids is 1. The van der Waals surface area contributed by atoms with E-state index in [1.807, 2.05) is 0 Å². The monoisotopic (exact) mass is 168 g/mol. The summed E-state index contributed by atoms with van der Waals surface area (Å²) >= 11 is 0. The van der Waals surface area contributed by atoms with Gasteiger partial charge in [0.25, 0.3) is 0 Å². The minimum atomic E-state index is -0.701. The van der Waals surface area contributed by atoms with Gasteiger partial charge in [0.15, 0.2) is 11.6 Å². The lowest BCUT2D eigenvalue weighted by Crippen LogP contribution is -1.98. The molecule has 0 bridgehead atoms. The SMILES string of the molecule is CC(=O)Cc1cccc(O)c1F. The van der Waals surface area contributed by atoms with Crippen LogP contribution in [0.1, 0.15) is 12.5 Å². The molecule has 64 valence electrons. The zero-order chi connectivity index (χ0) is 9.14. The van der Waals surface area contributed by atoms with Gasteiger partial charge in [-0.1, -0.05) is 12.1 Å². The molecular weight excluding hydrogens is 159 g/mol. The van der Waals surface area contributed by atoms with E-state index in [4.69, 9.17) is 5.11 Å². The van der Waals surface area contributed by atoms with Crippen molar-refractivity contribution in [2.45, 2.75) is 13.3 Å². The zero-order valence-electron chi connectivity index (χ0n) is 6.67. The second kappa shape index (κ2) is 3.34. The van der Waals surface area contributed by atoms with Crippen molar-refractivity contribution in [3.8, 4) is 5.75 Å². The van der Waals surface area contributed by atoms with E-state index in [9.17, 15) is 9.18 Å². The Morgan fingerprint density at radius 1 is 1.58 bits per heavy atom. The van der Waals surface area contributed by atoms with Crippen LogP contribution in [0.3, 0.4) is 0 Å². The predicted molar refractivity (Wildman–Crippen MR) is 42.4 cm³/mol. The standard InChI is InChI=1S/C9H9FO2/c1-6(11)5-7-3-2-4-8(12)9(7)10/h2-4,12H,5H2,1H3. The lowest BCUT2D eigenvalue weighted by atomic mass is 10.1. The molecule has 0 aliphatic rings. The minimum absolute atomic E-state index is 0.0280. The summed E-state index contributed by atoms with van der Waals surface area (Å²) in [6.45, 7) is 1.38. The van der Waals surface area contributed by atoms with Crippen LogP contribution in [0.4, 0.5) is 4.39 Å². The smallest absolute Gasteiger partial charge is 0.168 e. The van der Waals surface area contributed by atoms with Gasteiger partial charge in [-0.25, -0.2) is 4.39 Å². The summed E-state index contributed by atoms with van der Waals surface area (Å²) in [4.78, 5) is 10.6. The summed E-state index contributed by atoms with van der Waals surface area (Å²) in [6, 6.07) is 4.24. The summed E-state index contributed by atoms with van der Waals surface area (Å²) in [7, 11) is 0. The summed E-state index contributed by atoms with van der Waals surface area (Å²) in [6.07, 6.45) is 0.0280. The third-order valence-electron chi connectivity index (χ3n) is 1.50. The Hall–Kier alpha value is -1.38. The fourth-order valence-corrected chi connectivity index (χ4v) is 0.971. The van der Waals surface area contributed by atoms with Gasteiger partial charge in [0.1, 0.15) is 5.78 Å². The van der Waals surface area contributed by atoms with Gasteiger partial charge >= 0.3 is 0 Å². The molecule has 0 unspecified atom stereocenters. The first-order valence-electron chi connectivity index (χ1n) is 3.57. The quantitative estimate of drug-likeness (QED) is 0.729. The molecule has 1 N–H and O–H groups in total. The molecule has 0 saturated heterocycles. The number of hydrogen-bond donors (Lipinski definition) is 1. The molecule has 1 aromatic rings. The Morgan fingerprint density at radius 3 is 2.83 bits per heavy atom. The van der Waals surface area contributed by atoms with E-state index >= 15 is 0 Å². The lowest BCUT2D eigenvalue weighted by Gasteiger charge is -2.00. The number of phenols is 1. The van der Waals surface area contributed by atoms with Crippen molar-refractivity contribution in [2.24, 2.45) is 0 Å². The third-order valence-corrected chi connectivity index (χ3v) is 1.50. The zero-order valence-corrected chi connectivity index (χ0v) is 6.67. The van der Waals surface area contributed by atoms with Crippen LogP contribution in [0.25, 0.3) is 0 Å². The highest BCUT2D eigenvalue weighted by Crippen LogP contribution is 2.18. The van der Waals surface area contributed by atoms with Crippen LogP contribution in [0.2, 0.25) is 0 Å². The third kappa shape index (κ3) is 1.81. The van der Waals surface area contributed by atoms with Gasteiger partial charge in [-0.3, -0.25) is 4.79 Å². The van der Waals surface area contributed by atoms with Gasteiger partial charge in [0.2, 0.25) is 0 Å². The first kappa shape index (κ1) is 8.71. The Kier molecular flexibility index (Phi) is 2.43. The molecule has 0 aromatic heterocycles. The molecule has 1 rings (SSSR count).